The predicted octanol–water partition coefficient (Wildman–Crippen LogP) is 2.37. The Morgan fingerprint density at radius 2 is 1.70 bits per heavy atom. The fraction of sp³-hybridized carbons (Fsp3) is 0.391. The Balaban J connectivity index is 1.19. The number of rotatable bonds is 4. The van der Waals surface area contributed by atoms with Gasteiger partial charge in [-0.05, 0) is 38.1 Å². The maximum Gasteiger partial charge on any atom is 0.282 e. The molecule has 5 rings (SSSR count). The minimum Gasteiger partial charge on any atom is -0.335 e. The molecule has 1 aromatic carbocycles. The van der Waals surface area contributed by atoms with Crippen LogP contribution >= 0.6 is 11.3 Å². The summed E-state index contributed by atoms with van der Waals surface area (Å²) < 4.78 is 15.0. The number of hydrogen-bond acceptors (Lipinski definition) is 6. The minimum absolute atomic E-state index is 0.000759. The highest BCUT2D eigenvalue weighted by molar-refractivity contribution is 7.11. The van der Waals surface area contributed by atoms with Crippen LogP contribution in [0.2, 0.25) is 0 Å². The molecule has 0 bridgehead atoms. The molecule has 2 aromatic heterocycles. The lowest BCUT2D eigenvalue weighted by Gasteiger charge is -2.48. The molecular formula is C23H25FN6O2S. The lowest BCUT2D eigenvalue weighted by Crippen LogP contribution is -2.64. The normalized spacial score (nSPS) is 17.3. The fourth-order valence-electron chi connectivity index (χ4n) is 4.55. The van der Waals surface area contributed by atoms with Crippen LogP contribution in [0.4, 0.5) is 4.39 Å². The Kier molecular flexibility index (Phi) is 5.71. The second kappa shape index (κ2) is 8.68. The number of benzene rings is 1. The van der Waals surface area contributed by atoms with E-state index in [1.807, 2.05) is 29.0 Å². The molecule has 0 aliphatic carbocycles. The van der Waals surface area contributed by atoms with E-state index in [0.29, 0.717) is 48.5 Å². The van der Waals surface area contributed by atoms with Gasteiger partial charge in [-0.25, -0.2) is 14.1 Å². The van der Waals surface area contributed by atoms with Crippen LogP contribution in [0, 0.1) is 19.7 Å². The summed E-state index contributed by atoms with van der Waals surface area (Å²) in [4.78, 5) is 35.9. The Hall–Kier alpha value is -3.11. The zero-order valence-electron chi connectivity index (χ0n) is 18.6. The van der Waals surface area contributed by atoms with Gasteiger partial charge in [0.25, 0.3) is 11.8 Å². The van der Waals surface area contributed by atoms with Crippen molar-refractivity contribution in [2.75, 3.05) is 39.3 Å². The van der Waals surface area contributed by atoms with Gasteiger partial charge in [0, 0.05) is 56.9 Å². The Morgan fingerprint density at radius 1 is 1.00 bits per heavy atom. The molecule has 0 radical (unpaired) electrons. The summed E-state index contributed by atoms with van der Waals surface area (Å²) >= 11 is 1.37. The van der Waals surface area contributed by atoms with Crippen LogP contribution in [-0.4, -0.2) is 86.6 Å². The van der Waals surface area contributed by atoms with Gasteiger partial charge >= 0.3 is 0 Å². The van der Waals surface area contributed by atoms with Crippen LogP contribution in [0.5, 0.6) is 0 Å². The first-order valence-corrected chi connectivity index (χ1v) is 11.8. The molecule has 0 atom stereocenters. The molecule has 4 heterocycles. The van der Waals surface area contributed by atoms with E-state index in [-0.39, 0.29) is 17.6 Å². The summed E-state index contributed by atoms with van der Waals surface area (Å²) in [6.45, 7) is 7.97. The summed E-state index contributed by atoms with van der Waals surface area (Å²) in [5.74, 6) is -0.331. The van der Waals surface area contributed by atoms with Crippen LogP contribution in [0.15, 0.2) is 35.8 Å². The molecular weight excluding hydrogens is 443 g/mol. The second-order valence-corrected chi connectivity index (χ2v) is 9.36. The minimum atomic E-state index is -0.309. The van der Waals surface area contributed by atoms with Gasteiger partial charge in [0.2, 0.25) is 0 Å². The molecule has 0 N–H and O–H groups in total. The number of thiazole rings is 1. The van der Waals surface area contributed by atoms with Crippen molar-refractivity contribution in [3.63, 3.8) is 0 Å². The highest BCUT2D eigenvalue weighted by atomic mass is 32.1. The quantitative estimate of drug-likeness (QED) is 0.588. The molecule has 172 valence electrons. The number of amides is 2. The molecule has 2 fully saturated rings. The van der Waals surface area contributed by atoms with E-state index >= 15 is 0 Å². The standard InChI is InChI=1S/C23H25FN6O2S/c1-15-20(16(2)30(26-15)18-5-3-17(24)4-6-18)22(31)29-13-19(14-29)27-8-10-28(11-9-27)23(32)21-25-7-12-33-21/h3-7,12,19H,8-11,13-14H2,1-2H3. The highest BCUT2D eigenvalue weighted by Gasteiger charge is 2.38. The van der Waals surface area contributed by atoms with Gasteiger partial charge in [0.1, 0.15) is 5.82 Å². The summed E-state index contributed by atoms with van der Waals surface area (Å²) in [5.41, 5.74) is 2.75. The number of hydrogen-bond donors (Lipinski definition) is 0. The van der Waals surface area contributed by atoms with Crippen LogP contribution in [0.25, 0.3) is 5.69 Å². The van der Waals surface area contributed by atoms with E-state index in [9.17, 15) is 14.0 Å². The molecule has 33 heavy (non-hydrogen) atoms. The smallest absolute Gasteiger partial charge is 0.282 e. The number of likely N-dealkylation sites (tertiary alicyclic amines) is 1. The number of nitrogens with zero attached hydrogens (tertiary/aromatic N) is 6. The summed E-state index contributed by atoms with van der Waals surface area (Å²) in [6.07, 6.45) is 1.65. The Bertz CT molecular complexity index is 1160. The Morgan fingerprint density at radius 3 is 2.33 bits per heavy atom. The number of carbonyl (C=O) groups is 2. The third-order valence-corrected chi connectivity index (χ3v) is 7.22. The van der Waals surface area contributed by atoms with E-state index in [1.54, 1.807) is 23.0 Å². The van der Waals surface area contributed by atoms with Crippen molar-refractivity contribution < 1.29 is 14.0 Å². The lowest BCUT2D eigenvalue weighted by molar-refractivity contribution is 0.00846. The van der Waals surface area contributed by atoms with Crippen molar-refractivity contribution in [3.8, 4) is 5.69 Å². The van der Waals surface area contributed by atoms with Gasteiger partial charge in [-0.2, -0.15) is 5.10 Å². The SMILES string of the molecule is Cc1nn(-c2ccc(F)cc2)c(C)c1C(=O)N1CC(N2CCN(C(=O)c3nccs3)CC2)C1. The van der Waals surface area contributed by atoms with Crippen LogP contribution in [-0.2, 0) is 0 Å². The van der Waals surface area contributed by atoms with Crippen LogP contribution < -0.4 is 0 Å². The second-order valence-electron chi connectivity index (χ2n) is 8.46. The number of carbonyl (C=O) groups excluding carboxylic acids is 2. The van der Waals surface area contributed by atoms with Crippen molar-refractivity contribution in [2.24, 2.45) is 0 Å². The van der Waals surface area contributed by atoms with E-state index in [4.69, 9.17) is 0 Å². The monoisotopic (exact) mass is 468 g/mol. The number of aryl methyl sites for hydroxylation is 1. The highest BCUT2D eigenvalue weighted by Crippen LogP contribution is 2.25. The van der Waals surface area contributed by atoms with Gasteiger partial charge in [-0.15, -0.1) is 11.3 Å². The van der Waals surface area contributed by atoms with Gasteiger partial charge in [-0.1, -0.05) is 0 Å². The van der Waals surface area contributed by atoms with Crippen LogP contribution in [0.1, 0.15) is 31.5 Å². The van der Waals surface area contributed by atoms with E-state index < -0.39 is 0 Å². The van der Waals surface area contributed by atoms with Crippen molar-refractivity contribution in [1.82, 2.24) is 29.5 Å². The van der Waals surface area contributed by atoms with Gasteiger partial charge in [0.05, 0.1) is 22.6 Å². The Labute approximate surface area is 195 Å². The topological polar surface area (TPSA) is 74.6 Å². The summed E-state index contributed by atoms with van der Waals surface area (Å²) in [5, 5.41) is 6.87. The molecule has 0 spiro atoms. The van der Waals surface area contributed by atoms with Crippen molar-refractivity contribution >= 4 is 23.2 Å². The van der Waals surface area contributed by atoms with Crippen LogP contribution in [0.3, 0.4) is 0 Å². The molecule has 2 aliphatic rings. The zero-order chi connectivity index (χ0) is 23.1. The fourth-order valence-corrected chi connectivity index (χ4v) is 5.15. The summed E-state index contributed by atoms with van der Waals surface area (Å²) in [7, 11) is 0. The van der Waals surface area contributed by atoms with Gasteiger partial charge < -0.3 is 9.80 Å². The van der Waals surface area contributed by atoms with E-state index in [2.05, 4.69) is 15.0 Å². The average molecular weight is 469 g/mol. The number of aromatic nitrogens is 3. The first kappa shape index (κ1) is 21.7. The summed E-state index contributed by atoms with van der Waals surface area (Å²) in [6, 6.07) is 6.39. The number of piperazine rings is 1. The molecule has 2 saturated heterocycles. The van der Waals surface area contributed by atoms with Crippen molar-refractivity contribution in [2.45, 2.75) is 19.9 Å². The molecule has 8 nitrogen and oxygen atoms in total. The van der Waals surface area contributed by atoms with Crippen molar-refractivity contribution in [3.05, 3.63) is 63.6 Å². The van der Waals surface area contributed by atoms with Gasteiger partial charge in [-0.3, -0.25) is 14.5 Å². The predicted molar refractivity (Wildman–Crippen MR) is 122 cm³/mol. The largest absolute Gasteiger partial charge is 0.335 e. The number of halogens is 1. The molecule has 2 aliphatic heterocycles. The first-order chi connectivity index (χ1) is 15.9. The lowest BCUT2D eigenvalue weighted by atomic mass is 10.0. The maximum absolute atomic E-state index is 13.3. The maximum atomic E-state index is 13.3. The zero-order valence-corrected chi connectivity index (χ0v) is 19.4. The molecule has 10 heteroatoms. The third kappa shape index (κ3) is 4.04. The molecule has 0 unspecified atom stereocenters. The van der Waals surface area contributed by atoms with E-state index in [1.165, 1.54) is 23.5 Å². The van der Waals surface area contributed by atoms with Crippen molar-refractivity contribution in [1.29, 1.82) is 0 Å². The average Bonchev–Trinajstić information content (AvgIpc) is 3.41. The molecule has 3 aromatic rings. The molecule has 0 saturated carbocycles. The van der Waals surface area contributed by atoms with E-state index in [0.717, 1.165) is 24.5 Å². The van der Waals surface area contributed by atoms with Gasteiger partial charge in [0.15, 0.2) is 5.01 Å². The first-order valence-electron chi connectivity index (χ1n) is 11.0. The third-order valence-electron chi connectivity index (χ3n) is 6.46. The molecule has 2 amide bonds.